The van der Waals surface area contributed by atoms with Crippen LogP contribution in [0.3, 0.4) is 0 Å². The number of hydrogen-bond acceptors (Lipinski definition) is 5. The summed E-state index contributed by atoms with van der Waals surface area (Å²) in [5, 5.41) is 0. The molecule has 0 aliphatic heterocycles. The Balaban J connectivity index is 4.39. The zero-order chi connectivity index (χ0) is 43.5. The van der Waals surface area contributed by atoms with E-state index in [4.69, 9.17) is 14.2 Å². The molecular weight excluding hydrogens is 741 g/mol. The smallest absolute Gasteiger partial charge is 0.306 e. The zero-order valence-corrected chi connectivity index (χ0v) is 39.2. The van der Waals surface area contributed by atoms with Crippen molar-refractivity contribution in [1.29, 1.82) is 0 Å². The van der Waals surface area contributed by atoms with Gasteiger partial charge in [0.25, 0.3) is 0 Å². The third-order valence-corrected chi connectivity index (χ3v) is 10.1. The molecule has 342 valence electrons. The van der Waals surface area contributed by atoms with Crippen molar-refractivity contribution in [1.82, 2.24) is 0 Å². The van der Waals surface area contributed by atoms with Gasteiger partial charge in [-0.2, -0.15) is 0 Å². The number of ether oxygens (including phenoxy) is 3. The van der Waals surface area contributed by atoms with Gasteiger partial charge in [-0.25, -0.2) is 0 Å². The lowest BCUT2D eigenvalue weighted by Crippen LogP contribution is -2.30. The van der Waals surface area contributed by atoms with Gasteiger partial charge >= 0.3 is 11.9 Å². The normalized spacial score (nSPS) is 13.1. The highest BCUT2D eigenvalue weighted by molar-refractivity contribution is 5.70. The maximum atomic E-state index is 12.7. The molecule has 0 bridgehead atoms. The zero-order valence-electron chi connectivity index (χ0n) is 39.2. The lowest BCUT2D eigenvalue weighted by atomic mass is 10.0. The van der Waals surface area contributed by atoms with Gasteiger partial charge in [0, 0.05) is 19.4 Å². The molecule has 60 heavy (non-hydrogen) atoms. The summed E-state index contributed by atoms with van der Waals surface area (Å²) in [5.41, 5.74) is 0. The predicted octanol–water partition coefficient (Wildman–Crippen LogP) is 16.7. The van der Waals surface area contributed by atoms with Gasteiger partial charge in [0.15, 0.2) is 6.10 Å². The molecule has 0 amide bonds. The molecule has 0 heterocycles. The minimum absolute atomic E-state index is 0.0157. The molecule has 0 fully saturated rings. The second-order valence-corrected chi connectivity index (χ2v) is 16.0. The Hall–Kier alpha value is -3.18. The van der Waals surface area contributed by atoms with E-state index in [0.717, 1.165) is 64.2 Å². The van der Waals surface area contributed by atoms with Gasteiger partial charge in [-0.3, -0.25) is 9.59 Å². The molecule has 0 aliphatic carbocycles. The third-order valence-electron chi connectivity index (χ3n) is 10.1. The Morgan fingerprint density at radius 2 is 0.717 bits per heavy atom. The monoisotopic (exact) mass is 833 g/mol. The Morgan fingerprint density at radius 1 is 0.383 bits per heavy atom. The van der Waals surface area contributed by atoms with E-state index in [2.05, 4.69) is 106 Å². The molecule has 0 saturated heterocycles. The largest absolute Gasteiger partial charge is 0.462 e. The second kappa shape index (κ2) is 50.2. The Bertz CT molecular complexity index is 1170. The molecule has 5 heteroatoms. The number of esters is 2. The van der Waals surface area contributed by atoms with E-state index in [-0.39, 0.29) is 31.6 Å². The van der Waals surface area contributed by atoms with Gasteiger partial charge in [0.2, 0.25) is 0 Å². The molecule has 5 nitrogen and oxygen atoms in total. The number of unbranched alkanes of at least 4 members (excludes halogenated alkanes) is 17. The molecule has 0 aromatic rings. The Morgan fingerprint density at radius 3 is 1.10 bits per heavy atom. The summed E-state index contributed by atoms with van der Waals surface area (Å²) < 4.78 is 17.2. The van der Waals surface area contributed by atoms with Gasteiger partial charge < -0.3 is 14.2 Å². The summed E-state index contributed by atoms with van der Waals surface area (Å²) in [6, 6.07) is 0. The second-order valence-electron chi connectivity index (χ2n) is 16.0. The lowest BCUT2D eigenvalue weighted by molar-refractivity contribution is -0.162. The first-order valence-electron chi connectivity index (χ1n) is 24.8. The minimum atomic E-state index is -0.605. The number of carbonyl (C=O) groups is 2. The van der Waals surface area contributed by atoms with Crippen LogP contribution in [0.15, 0.2) is 97.2 Å². The summed E-state index contributed by atoms with van der Waals surface area (Å²) in [4.78, 5) is 25.2. The fourth-order valence-corrected chi connectivity index (χ4v) is 6.54. The van der Waals surface area contributed by atoms with Gasteiger partial charge in [-0.15, -0.1) is 0 Å². The van der Waals surface area contributed by atoms with Crippen molar-refractivity contribution in [3.63, 3.8) is 0 Å². The van der Waals surface area contributed by atoms with Crippen molar-refractivity contribution in [3.8, 4) is 0 Å². The number of allylic oxidation sites excluding steroid dienone is 16. The third kappa shape index (κ3) is 47.5. The highest BCUT2D eigenvalue weighted by atomic mass is 16.6. The fourth-order valence-electron chi connectivity index (χ4n) is 6.54. The van der Waals surface area contributed by atoms with E-state index in [1.165, 1.54) is 103 Å². The molecule has 1 unspecified atom stereocenters. The van der Waals surface area contributed by atoms with Crippen molar-refractivity contribution in [3.05, 3.63) is 97.2 Å². The Kier molecular flexibility index (Phi) is 47.5. The molecule has 0 N–H and O–H groups in total. The van der Waals surface area contributed by atoms with Gasteiger partial charge in [-0.05, 0) is 70.6 Å². The van der Waals surface area contributed by atoms with Crippen LogP contribution in [-0.4, -0.2) is 37.9 Å². The topological polar surface area (TPSA) is 61.8 Å². The molecule has 0 aromatic heterocycles. The van der Waals surface area contributed by atoms with Crippen LogP contribution in [0.25, 0.3) is 0 Å². The van der Waals surface area contributed by atoms with Crippen molar-refractivity contribution >= 4 is 11.9 Å². The highest BCUT2D eigenvalue weighted by Gasteiger charge is 2.17. The van der Waals surface area contributed by atoms with Crippen LogP contribution in [0.2, 0.25) is 0 Å². The first-order valence-corrected chi connectivity index (χ1v) is 24.8. The molecule has 0 saturated carbocycles. The first-order chi connectivity index (χ1) is 29.6. The maximum Gasteiger partial charge on any atom is 0.306 e. The van der Waals surface area contributed by atoms with Crippen LogP contribution in [0.4, 0.5) is 0 Å². The SMILES string of the molecule is CC/C=C\C/C=C\C/C=C\C/C=C\CCC(=O)OCC(COCCCCCCCCCCCCCCCCCCCC)OC(=O)CC/C=C\C/C=C\C/C=C\C/C=C\CC. The van der Waals surface area contributed by atoms with E-state index in [9.17, 15) is 9.59 Å². The van der Waals surface area contributed by atoms with E-state index >= 15 is 0 Å². The summed E-state index contributed by atoms with van der Waals surface area (Å²) in [7, 11) is 0. The molecule has 0 spiro atoms. The van der Waals surface area contributed by atoms with E-state index in [1.54, 1.807) is 0 Å². The molecule has 1 atom stereocenters. The summed E-state index contributed by atoms with van der Waals surface area (Å²) in [6.45, 7) is 7.44. The van der Waals surface area contributed by atoms with Crippen molar-refractivity contribution < 1.29 is 23.8 Å². The van der Waals surface area contributed by atoms with Crippen LogP contribution in [0.1, 0.15) is 213 Å². The van der Waals surface area contributed by atoms with E-state index in [0.29, 0.717) is 25.9 Å². The minimum Gasteiger partial charge on any atom is -0.462 e. The Labute approximate surface area is 371 Å². The van der Waals surface area contributed by atoms with Crippen molar-refractivity contribution in [2.45, 2.75) is 219 Å². The lowest BCUT2D eigenvalue weighted by Gasteiger charge is -2.18. The standard InChI is InChI=1S/C55H92O5/c1-4-7-10-13-16-19-22-25-26-27-28-29-32-35-38-41-44-47-50-58-51-53(60-55(57)49-46-43-40-37-34-31-24-21-18-15-12-9-6-3)52-59-54(56)48-45-42-39-36-33-30-23-20-17-14-11-8-5-2/h8-9,11-12,17-18,20-21,30-31,33-34,39-40,42-43,53H,4-7,10,13-16,19,22-29,32,35-38,41,44-52H2,1-3H3/b11-8-,12-9-,20-17-,21-18-,33-30-,34-31-,42-39-,43-40-. The van der Waals surface area contributed by atoms with Gasteiger partial charge in [-0.1, -0.05) is 227 Å². The van der Waals surface area contributed by atoms with Crippen LogP contribution < -0.4 is 0 Å². The maximum absolute atomic E-state index is 12.7. The quantitative estimate of drug-likeness (QED) is 0.0348. The van der Waals surface area contributed by atoms with Crippen LogP contribution in [0, 0.1) is 0 Å². The van der Waals surface area contributed by atoms with Gasteiger partial charge in [0.05, 0.1) is 6.61 Å². The average Bonchev–Trinajstić information content (AvgIpc) is 3.25. The van der Waals surface area contributed by atoms with E-state index < -0.39 is 6.10 Å². The summed E-state index contributed by atoms with van der Waals surface area (Å²) >= 11 is 0. The van der Waals surface area contributed by atoms with Crippen molar-refractivity contribution in [2.24, 2.45) is 0 Å². The number of carbonyl (C=O) groups excluding carboxylic acids is 2. The van der Waals surface area contributed by atoms with Crippen LogP contribution in [0.5, 0.6) is 0 Å². The van der Waals surface area contributed by atoms with Gasteiger partial charge in [0.1, 0.15) is 6.61 Å². The first kappa shape index (κ1) is 56.8. The summed E-state index contributed by atoms with van der Waals surface area (Å²) in [6.07, 6.45) is 67.4. The number of rotatable bonds is 44. The van der Waals surface area contributed by atoms with Crippen LogP contribution in [-0.2, 0) is 23.8 Å². The predicted molar refractivity (Wildman–Crippen MR) is 260 cm³/mol. The molecule has 0 radical (unpaired) electrons. The van der Waals surface area contributed by atoms with E-state index in [1.807, 2.05) is 12.2 Å². The molecule has 0 rings (SSSR count). The van der Waals surface area contributed by atoms with Crippen LogP contribution >= 0.6 is 0 Å². The summed E-state index contributed by atoms with van der Waals surface area (Å²) in [5.74, 6) is -0.586. The fraction of sp³-hybridized carbons (Fsp3) is 0.673. The molecular formula is C55H92O5. The number of hydrogen-bond donors (Lipinski definition) is 0. The molecule has 0 aliphatic rings. The molecule has 0 aromatic carbocycles. The average molecular weight is 833 g/mol. The van der Waals surface area contributed by atoms with Crippen molar-refractivity contribution in [2.75, 3.05) is 19.8 Å². The highest BCUT2D eigenvalue weighted by Crippen LogP contribution is 2.15.